The van der Waals surface area contributed by atoms with Crippen LogP contribution in [0.2, 0.25) is 0 Å². The molecule has 0 bridgehead atoms. The van der Waals surface area contributed by atoms with Crippen molar-refractivity contribution in [2.45, 2.75) is 24.4 Å². The first-order valence-electron chi connectivity index (χ1n) is 5.50. The van der Waals surface area contributed by atoms with Gasteiger partial charge >= 0.3 is 0 Å². The molecule has 9 nitrogen and oxygen atoms in total. The molecule has 1 heterocycles. The molecule has 0 saturated carbocycles. The lowest BCUT2D eigenvalue weighted by Crippen LogP contribution is -2.46. The van der Waals surface area contributed by atoms with Crippen molar-refractivity contribution in [3.8, 4) is 5.75 Å². The van der Waals surface area contributed by atoms with Gasteiger partial charge in [-0.25, -0.2) is 0 Å². The van der Waals surface area contributed by atoms with Crippen LogP contribution < -0.4 is 5.56 Å². The molecule has 0 amide bonds. The number of aliphatic hydroxyl groups is 5. The van der Waals surface area contributed by atoms with Crippen LogP contribution in [-0.4, -0.2) is 72.9 Å². The lowest BCUT2D eigenvalue weighted by Gasteiger charge is -2.22. The Morgan fingerprint density at radius 2 is 1.80 bits per heavy atom. The Bertz CT molecular complexity index is 448. The normalized spacial score (nSPS) is 16.2. The maximum atomic E-state index is 10.3. The summed E-state index contributed by atoms with van der Waals surface area (Å²) in [6.07, 6.45) is -5.38. The topological polar surface area (TPSA) is 171 Å². The first-order valence-corrected chi connectivity index (χ1v) is 5.50. The van der Waals surface area contributed by atoms with E-state index in [9.17, 15) is 9.59 Å². The zero-order valence-corrected chi connectivity index (χ0v) is 10.3. The Balaban J connectivity index is 0.000000388. The van der Waals surface area contributed by atoms with Gasteiger partial charge in [0.1, 0.15) is 24.4 Å². The first kappa shape index (κ1) is 18.2. The van der Waals surface area contributed by atoms with Crippen molar-refractivity contribution < 1.29 is 35.4 Å². The summed E-state index contributed by atoms with van der Waals surface area (Å²) in [5.41, 5.74) is -0.451. The molecule has 0 unspecified atom stereocenters. The third kappa shape index (κ3) is 5.91. The van der Waals surface area contributed by atoms with Crippen molar-refractivity contribution in [3.05, 3.63) is 28.7 Å². The van der Waals surface area contributed by atoms with Gasteiger partial charge in [-0.2, -0.15) is 0 Å². The minimum Gasteiger partial charge on any atom is -0.503 e. The number of hydrogen-bond donors (Lipinski definition) is 7. The Morgan fingerprint density at radius 3 is 2.15 bits per heavy atom. The fourth-order valence-corrected chi connectivity index (χ4v) is 1.03. The molecular weight excluding hydrogens is 274 g/mol. The summed E-state index contributed by atoms with van der Waals surface area (Å²) in [5, 5.41) is 52.1. The molecule has 0 aliphatic rings. The van der Waals surface area contributed by atoms with E-state index in [4.69, 9.17) is 30.6 Å². The maximum absolute atomic E-state index is 10.3. The number of rotatable bonds is 5. The molecule has 20 heavy (non-hydrogen) atoms. The number of aliphatic hydroxyl groups excluding tert-OH is 5. The number of aromatic nitrogens is 1. The number of aldehydes is 1. The fraction of sp³-hybridized carbons (Fsp3) is 0.455. The van der Waals surface area contributed by atoms with Gasteiger partial charge in [-0.3, -0.25) is 4.79 Å². The number of pyridine rings is 1. The second kappa shape index (κ2) is 9.18. The second-order valence-corrected chi connectivity index (χ2v) is 3.74. The highest BCUT2D eigenvalue weighted by atomic mass is 16.4. The van der Waals surface area contributed by atoms with Crippen molar-refractivity contribution in [1.82, 2.24) is 4.98 Å². The van der Waals surface area contributed by atoms with E-state index >= 15 is 0 Å². The molecule has 1 aromatic rings. The number of H-pyrrole nitrogens is 1. The summed E-state index contributed by atoms with van der Waals surface area (Å²) in [7, 11) is 0. The van der Waals surface area contributed by atoms with Gasteiger partial charge in [-0.05, 0) is 12.1 Å². The van der Waals surface area contributed by atoms with E-state index in [2.05, 4.69) is 4.98 Å². The minimum atomic E-state index is -1.79. The molecule has 0 saturated heterocycles. The summed E-state index contributed by atoms with van der Waals surface area (Å²) in [5.74, 6) is -0.243. The summed E-state index contributed by atoms with van der Waals surface area (Å²) in [6.45, 7) is -0.760. The number of hydrogen-bond acceptors (Lipinski definition) is 8. The molecule has 0 aliphatic heterocycles. The van der Waals surface area contributed by atoms with Gasteiger partial charge in [0.15, 0.2) is 12.0 Å². The summed E-state index contributed by atoms with van der Waals surface area (Å²) in [6, 6.07) is 2.88. The maximum Gasteiger partial charge on any atom is 0.290 e. The van der Waals surface area contributed by atoms with Gasteiger partial charge in [0.2, 0.25) is 0 Å². The molecule has 0 radical (unpaired) electrons. The lowest BCUT2D eigenvalue weighted by atomic mass is 10.0. The highest BCUT2D eigenvalue weighted by Crippen LogP contribution is 2.02. The van der Waals surface area contributed by atoms with Gasteiger partial charge in [-0.1, -0.05) is 0 Å². The van der Waals surface area contributed by atoms with E-state index < -0.39 is 36.6 Å². The van der Waals surface area contributed by atoms with Crippen LogP contribution in [0.5, 0.6) is 5.75 Å². The monoisotopic (exact) mass is 291 g/mol. The van der Waals surface area contributed by atoms with Crippen LogP contribution in [0.1, 0.15) is 0 Å². The van der Waals surface area contributed by atoms with Crippen LogP contribution in [0.3, 0.4) is 0 Å². The quantitative estimate of drug-likeness (QED) is 0.276. The molecular formula is C11H17NO8. The summed E-state index contributed by atoms with van der Waals surface area (Å²) < 4.78 is 0. The van der Waals surface area contributed by atoms with Gasteiger partial charge < -0.3 is 40.4 Å². The molecule has 0 fully saturated rings. The van der Waals surface area contributed by atoms with Crippen LogP contribution in [0.25, 0.3) is 0 Å². The molecule has 9 heteroatoms. The second-order valence-electron chi connectivity index (χ2n) is 3.74. The van der Waals surface area contributed by atoms with Crippen LogP contribution in [0, 0.1) is 0 Å². The van der Waals surface area contributed by atoms with Crippen LogP contribution in [-0.2, 0) is 4.79 Å². The predicted molar refractivity (Wildman–Crippen MR) is 65.9 cm³/mol. The van der Waals surface area contributed by atoms with E-state index in [1.807, 2.05) is 0 Å². The van der Waals surface area contributed by atoms with Crippen LogP contribution >= 0.6 is 0 Å². The van der Waals surface area contributed by atoms with Gasteiger partial charge in [-0.15, -0.1) is 0 Å². The van der Waals surface area contributed by atoms with E-state index in [1.54, 1.807) is 6.07 Å². The third-order valence-corrected chi connectivity index (χ3v) is 2.22. The molecule has 0 aliphatic carbocycles. The molecule has 1 rings (SSSR count). The molecule has 0 spiro atoms. The molecule has 114 valence electrons. The van der Waals surface area contributed by atoms with Gasteiger partial charge in [0, 0.05) is 6.20 Å². The Morgan fingerprint density at radius 1 is 1.20 bits per heavy atom. The predicted octanol–water partition coefficient (Wildman–Crippen LogP) is -3.30. The van der Waals surface area contributed by atoms with Gasteiger partial charge in [0.25, 0.3) is 5.56 Å². The number of aromatic amines is 1. The van der Waals surface area contributed by atoms with Crippen molar-refractivity contribution in [2.24, 2.45) is 0 Å². The van der Waals surface area contributed by atoms with Crippen molar-refractivity contribution in [3.63, 3.8) is 0 Å². The lowest BCUT2D eigenvalue weighted by molar-refractivity contribution is -0.136. The summed E-state index contributed by atoms with van der Waals surface area (Å²) >= 11 is 0. The molecule has 0 aromatic carbocycles. The van der Waals surface area contributed by atoms with Crippen molar-refractivity contribution in [1.29, 1.82) is 0 Å². The highest BCUT2D eigenvalue weighted by Gasteiger charge is 2.29. The zero-order valence-electron chi connectivity index (χ0n) is 10.3. The first-order chi connectivity index (χ1) is 9.34. The van der Waals surface area contributed by atoms with Crippen molar-refractivity contribution >= 4 is 6.29 Å². The standard InChI is InChI=1S/C6H12O6.C5H5NO2/c7-1-3(9)5(11)6(12)4(10)2-8;7-4-2-1-3-6-5(4)8/h1,3-6,8-12H,2H2;1-3,7H,(H,6,8)/t3-,4+,5+,6+;/m0./s1. The summed E-state index contributed by atoms with van der Waals surface area (Å²) in [4.78, 5) is 22.5. The number of carbonyl (C=O) groups excluding carboxylic acids is 1. The highest BCUT2D eigenvalue weighted by molar-refractivity contribution is 5.56. The number of aromatic hydroxyl groups is 1. The smallest absolute Gasteiger partial charge is 0.290 e. The third-order valence-electron chi connectivity index (χ3n) is 2.22. The molecule has 4 atom stereocenters. The Kier molecular flexibility index (Phi) is 8.36. The largest absolute Gasteiger partial charge is 0.503 e. The van der Waals surface area contributed by atoms with Gasteiger partial charge in [0.05, 0.1) is 6.61 Å². The Hall–Kier alpha value is -1.78. The average molecular weight is 291 g/mol. The van der Waals surface area contributed by atoms with Crippen LogP contribution in [0.15, 0.2) is 23.1 Å². The number of nitrogens with one attached hydrogen (secondary N) is 1. The van der Waals surface area contributed by atoms with E-state index in [1.165, 1.54) is 12.3 Å². The zero-order chi connectivity index (χ0) is 15.7. The van der Waals surface area contributed by atoms with Crippen LogP contribution in [0.4, 0.5) is 0 Å². The van der Waals surface area contributed by atoms with E-state index in [0.29, 0.717) is 0 Å². The van der Waals surface area contributed by atoms with E-state index in [-0.39, 0.29) is 12.0 Å². The SMILES string of the molecule is O=C[C@H](O)[C@@H](O)[C@H](O)[C@H](O)CO.O=c1[nH]cccc1O. The minimum absolute atomic E-state index is 0.0258. The fourth-order valence-electron chi connectivity index (χ4n) is 1.03. The average Bonchev–Trinajstić information content (AvgIpc) is 2.47. The Labute approximate surface area is 113 Å². The number of carbonyl (C=O) groups is 1. The van der Waals surface area contributed by atoms with Crippen molar-refractivity contribution in [2.75, 3.05) is 6.61 Å². The van der Waals surface area contributed by atoms with E-state index in [0.717, 1.165) is 0 Å². The molecule has 7 N–H and O–H groups in total. The molecule has 1 aromatic heterocycles.